The zero-order valence-corrected chi connectivity index (χ0v) is 7.22. The van der Waals surface area contributed by atoms with Crippen LogP contribution in [0.15, 0.2) is 0 Å². The maximum Gasteiger partial charge on any atom is 0.132 e. The summed E-state index contributed by atoms with van der Waals surface area (Å²) in [5, 5.41) is 11.8. The number of rotatable bonds is 5. The summed E-state index contributed by atoms with van der Waals surface area (Å²) in [4.78, 5) is 0. The Bertz CT molecular complexity index is 98.9. The number of hydrazine groups is 2. The Kier molecular flexibility index (Phi) is 5.30. The van der Waals surface area contributed by atoms with Gasteiger partial charge in [-0.15, -0.1) is 5.43 Å². The molecule has 2 atom stereocenters. The Hall–Kier alpha value is -0.240. The summed E-state index contributed by atoms with van der Waals surface area (Å²) < 4.78 is 0. The fraction of sp³-hybridized carbons (Fsp3) is 1.00. The number of quaternary nitrogens is 1. The molecule has 6 nitrogen and oxygen atoms in total. The molecule has 6 heteroatoms. The van der Waals surface area contributed by atoms with Crippen LogP contribution in [0, 0.1) is 5.21 Å². The molecule has 0 fully saturated rings. The van der Waals surface area contributed by atoms with Crippen LogP contribution < -0.4 is 21.9 Å². The van der Waals surface area contributed by atoms with Crippen molar-refractivity contribution in [3.8, 4) is 0 Å². The molecule has 0 amide bonds. The summed E-state index contributed by atoms with van der Waals surface area (Å²) in [5.74, 6) is 5.48. The fourth-order valence-corrected chi connectivity index (χ4v) is 0.683. The van der Waals surface area contributed by atoms with E-state index in [1.165, 1.54) is 12.2 Å². The van der Waals surface area contributed by atoms with Crippen LogP contribution in [0.25, 0.3) is 0 Å². The van der Waals surface area contributed by atoms with Gasteiger partial charge in [-0.25, -0.2) is 5.43 Å². The summed E-state index contributed by atoms with van der Waals surface area (Å²) >= 11 is 0. The van der Waals surface area contributed by atoms with Crippen LogP contribution in [-0.4, -0.2) is 24.9 Å². The van der Waals surface area contributed by atoms with E-state index in [9.17, 15) is 5.21 Å². The normalized spacial score (nSPS) is 16.9. The Balaban J connectivity index is 3.54. The monoisotopic (exact) mass is 163 g/mol. The summed E-state index contributed by atoms with van der Waals surface area (Å²) in [6, 6.07) is 0. The molecule has 0 aromatic carbocycles. The van der Waals surface area contributed by atoms with Gasteiger partial charge in [0.05, 0.1) is 7.05 Å². The van der Waals surface area contributed by atoms with Gasteiger partial charge in [-0.3, -0.25) is 11.0 Å². The SMILES string of the molecule is CCNN(N)[C@H](C)N[NH+](C)[O-]. The molecule has 0 saturated carbocycles. The topological polar surface area (TPSA) is 80.8 Å². The quantitative estimate of drug-likeness (QED) is 0.205. The standard InChI is InChI=1S/C5H17N5O/c1-4-7-10(6)5(2)8-9(3)11/h5,7-9H,4,6H2,1-3H3/t5-/m1/s1. The third-order valence-electron chi connectivity index (χ3n) is 1.17. The first-order valence-electron chi connectivity index (χ1n) is 3.62. The molecular weight excluding hydrogens is 146 g/mol. The molecule has 68 valence electrons. The molecular formula is C5H17N5O. The highest BCUT2D eigenvalue weighted by Gasteiger charge is 2.08. The largest absolute Gasteiger partial charge is 0.613 e. The lowest BCUT2D eigenvalue weighted by molar-refractivity contribution is -0.880. The second-order valence-corrected chi connectivity index (χ2v) is 2.30. The molecule has 0 radical (unpaired) electrons. The summed E-state index contributed by atoms with van der Waals surface area (Å²) in [6.07, 6.45) is -0.188. The number of hydroxylamine groups is 1. The van der Waals surface area contributed by atoms with Crippen LogP contribution >= 0.6 is 0 Å². The molecule has 1 unspecified atom stereocenters. The molecule has 0 bridgehead atoms. The van der Waals surface area contributed by atoms with Crippen molar-refractivity contribution in [3.05, 3.63) is 5.21 Å². The van der Waals surface area contributed by atoms with Crippen molar-refractivity contribution in [3.63, 3.8) is 0 Å². The van der Waals surface area contributed by atoms with E-state index >= 15 is 0 Å². The number of hydrogen-bond acceptors (Lipinski definition) is 5. The third-order valence-corrected chi connectivity index (χ3v) is 1.17. The number of hydrogen-bond donors (Lipinski definition) is 4. The van der Waals surface area contributed by atoms with E-state index in [1.807, 2.05) is 6.92 Å². The van der Waals surface area contributed by atoms with Crippen LogP contribution in [0.4, 0.5) is 0 Å². The van der Waals surface area contributed by atoms with E-state index in [0.29, 0.717) is 0 Å². The highest BCUT2D eigenvalue weighted by atomic mass is 16.5. The lowest BCUT2D eigenvalue weighted by atomic mass is 10.6. The highest BCUT2D eigenvalue weighted by molar-refractivity contribution is 4.45. The predicted molar refractivity (Wildman–Crippen MR) is 42.6 cm³/mol. The molecule has 0 aliphatic heterocycles. The molecule has 0 heterocycles. The zero-order valence-electron chi connectivity index (χ0n) is 7.22. The Morgan fingerprint density at radius 1 is 1.73 bits per heavy atom. The Morgan fingerprint density at radius 2 is 2.27 bits per heavy atom. The van der Waals surface area contributed by atoms with Crippen molar-refractivity contribution >= 4 is 0 Å². The molecule has 0 aliphatic carbocycles. The molecule has 0 aliphatic rings. The Morgan fingerprint density at radius 3 is 2.64 bits per heavy atom. The summed E-state index contributed by atoms with van der Waals surface area (Å²) in [7, 11) is 1.45. The van der Waals surface area contributed by atoms with E-state index in [2.05, 4.69) is 10.9 Å². The smallest absolute Gasteiger partial charge is 0.132 e. The van der Waals surface area contributed by atoms with Crippen LogP contribution in [0.2, 0.25) is 0 Å². The van der Waals surface area contributed by atoms with Gasteiger partial charge >= 0.3 is 0 Å². The molecule has 0 saturated heterocycles. The van der Waals surface area contributed by atoms with Gasteiger partial charge in [-0.2, -0.15) is 5.12 Å². The van der Waals surface area contributed by atoms with Crippen LogP contribution in [0.5, 0.6) is 0 Å². The summed E-state index contributed by atoms with van der Waals surface area (Å²) in [6.45, 7) is 4.46. The van der Waals surface area contributed by atoms with Crippen molar-refractivity contribution in [2.24, 2.45) is 5.84 Å². The van der Waals surface area contributed by atoms with Gasteiger partial charge in [0.25, 0.3) is 0 Å². The van der Waals surface area contributed by atoms with Crippen molar-refractivity contribution in [1.29, 1.82) is 0 Å². The van der Waals surface area contributed by atoms with E-state index in [0.717, 1.165) is 6.54 Å². The number of nitrogens with one attached hydrogen (secondary N) is 3. The molecule has 0 aromatic rings. The van der Waals surface area contributed by atoms with E-state index in [1.54, 1.807) is 6.92 Å². The maximum absolute atomic E-state index is 10.5. The molecule has 0 spiro atoms. The zero-order chi connectivity index (χ0) is 8.85. The second kappa shape index (κ2) is 5.42. The van der Waals surface area contributed by atoms with E-state index in [-0.39, 0.29) is 11.3 Å². The lowest BCUT2D eigenvalue weighted by Crippen LogP contribution is -3.13. The predicted octanol–water partition coefficient (Wildman–Crippen LogP) is -2.45. The van der Waals surface area contributed by atoms with Gasteiger partial charge in [0.15, 0.2) is 0 Å². The van der Waals surface area contributed by atoms with E-state index in [4.69, 9.17) is 5.84 Å². The summed E-state index contributed by atoms with van der Waals surface area (Å²) in [5.41, 5.74) is 5.47. The molecule has 0 aromatic heterocycles. The van der Waals surface area contributed by atoms with Crippen molar-refractivity contribution in [2.75, 3.05) is 13.6 Å². The first-order chi connectivity index (χ1) is 5.07. The third kappa shape index (κ3) is 5.08. The van der Waals surface area contributed by atoms with Gasteiger partial charge in [0.1, 0.15) is 6.17 Å². The first-order valence-corrected chi connectivity index (χ1v) is 3.62. The van der Waals surface area contributed by atoms with Gasteiger partial charge in [-0.1, -0.05) is 6.92 Å². The van der Waals surface area contributed by atoms with Gasteiger partial charge in [0.2, 0.25) is 0 Å². The Labute approximate surface area is 66.8 Å². The molecule has 0 rings (SSSR count). The fourth-order valence-electron chi connectivity index (χ4n) is 0.683. The van der Waals surface area contributed by atoms with Crippen molar-refractivity contribution < 1.29 is 5.17 Å². The van der Waals surface area contributed by atoms with Gasteiger partial charge < -0.3 is 5.21 Å². The van der Waals surface area contributed by atoms with Crippen molar-refractivity contribution in [2.45, 2.75) is 20.0 Å². The average molecular weight is 163 g/mol. The first kappa shape index (κ1) is 10.8. The van der Waals surface area contributed by atoms with Gasteiger partial charge in [-0.05, 0) is 6.92 Å². The molecule has 11 heavy (non-hydrogen) atoms. The maximum atomic E-state index is 10.5. The molecule has 5 N–H and O–H groups in total. The highest BCUT2D eigenvalue weighted by Crippen LogP contribution is 1.77. The lowest BCUT2D eigenvalue weighted by Gasteiger charge is -2.28. The minimum absolute atomic E-state index is 0.0918. The minimum atomic E-state index is -0.188. The average Bonchev–Trinajstić information content (AvgIpc) is 1.86. The minimum Gasteiger partial charge on any atom is -0.613 e. The van der Waals surface area contributed by atoms with E-state index < -0.39 is 0 Å². The van der Waals surface area contributed by atoms with Crippen LogP contribution in [-0.2, 0) is 0 Å². The second-order valence-electron chi connectivity index (χ2n) is 2.30. The van der Waals surface area contributed by atoms with Gasteiger partial charge in [0, 0.05) is 6.54 Å². The van der Waals surface area contributed by atoms with Crippen LogP contribution in [0.1, 0.15) is 13.8 Å². The number of nitrogens with two attached hydrogens (primary N) is 1. The number of nitrogens with zero attached hydrogens (tertiary/aromatic N) is 1. The van der Waals surface area contributed by atoms with Crippen LogP contribution in [0.3, 0.4) is 0 Å². The van der Waals surface area contributed by atoms with Crippen molar-refractivity contribution in [1.82, 2.24) is 16.0 Å².